The van der Waals surface area contributed by atoms with Crippen molar-refractivity contribution >= 4 is 44.0 Å². The van der Waals surface area contributed by atoms with Crippen molar-refractivity contribution in [2.75, 3.05) is 43.9 Å². The second kappa shape index (κ2) is 16.1. The molecule has 300 valence electrons. The topological polar surface area (TPSA) is 158 Å². The number of nitrogens with zero attached hydrogens (tertiary/aromatic N) is 3. The Bertz CT molecular complexity index is 2480. The zero-order valence-corrected chi connectivity index (χ0v) is 33.1. The Morgan fingerprint density at radius 3 is 2.31 bits per heavy atom. The summed E-state index contributed by atoms with van der Waals surface area (Å²) in [6.45, 7) is 6.13. The number of hydrazine groups is 1. The van der Waals surface area contributed by atoms with Crippen molar-refractivity contribution in [1.82, 2.24) is 20.7 Å². The number of sulfone groups is 1. The molecule has 0 bridgehead atoms. The summed E-state index contributed by atoms with van der Waals surface area (Å²) in [6.07, 6.45) is 2.45. The van der Waals surface area contributed by atoms with Gasteiger partial charge >= 0.3 is 0 Å². The number of rotatable bonds is 12. The third kappa shape index (κ3) is 8.21. The zero-order chi connectivity index (χ0) is 40.6. The van der Waals surface area contributed by atoms with E-state index in [1.807, 2.05) is 54.6 Å². The molecule has 0 spiro atoms. The molecule has 5 aromatic carbocycles. The Morgan fingerprint density at radius 2 is 1.60 bits per heavy atom. The molecular weight excluding hydrogens is 759 g/mol. The first-order valence-corrected chi connectivity index (χ1v) is 21.3. The van der Waals surface area contributed by atoms with E-state index in [1.54, 1.807) is 47.4 Å². The molecular formula is C44H45N5O8S. The van der Waals surface area contributed by atoms with Crippen molar-refractivity contribution in [2.45, 2.75) is 49.8 Å². The molecule has 0 radical (unpaired) electrons. The summed E-state index contributed by atoms with van der Waals surface area (Å²) in [6, 6.07) is 28.3. The van der Waals surface area contributed by atoms with Crippen LogP contribution in [0.2, 0.25) is 0 Å². The van der Waals surface area contributed by atoms with Gasteiger partial charge in [-0.05, 0) is 102 Å². The fourth-order valence-corrected chi connectivity index (χ4v) is 8.40. The van der Waals surface area contributed by atoms with E-state index in [2.05, 4.69) is 27.6 Å². The quantitative estimate of drug-likeness (QED) is 0.134. The van der Waals surface area contributed by atoms with Crippen molar-refractivity contribution in [3.63, 3.8) is 0 Å². The lowest BCUT2D eigenvalue weighted by Crippen LogP contribution is -2.53. The first-order chi connectivity index (χ1) is 27.9. The largest absolute Gasteiger partial charge is 0.508 e. The highest BCUT2D eigenvalue weighted by Gasteiger charge is 2.39. The molecule has 3 amide bonds. The monoisotopic (exact) mass is 803 g/mol. The van der Waals surface area contributed by atoms with Gasteiger partial charge in [0.15, 0.2) is 9.84 Å². The Hall–Kier alpha value is -5.96. The number of carbonyl (C=O) groups excluding carboxylic acids is 3. The smallest absolute Gasteiger partial charge is 0.255 e. The molecule has 5 aromatic rings. The van der Waals surface area contributed by atoms with E-state index in [4.69, 9.17) is 9.47 Å². The molecule has 2 atom stereocenters. The van der Waals surface area contributed by atoms with E-state index in [-0.39, 0.29) is 35.0 Å². The van der Waals surface area contributed by atoms with Crippen molar-refractivity contribution in [3.05, 3.63) is 108 Å². The number of phenolic OH excluding ortho intramolecular Hbond substituents is 1. The van der Waals surface area contributed by atoms with E-state index < -0.39 is 21.8 Å². The molecule has 13 nitrogen and oxygen atoms in total. The number of amides is 3. The molecule has 3 heterocycles. The summed E-state index contributed by atoms with van der Waals surface area (Å²) >= 11 is 0. The maximum Gasteiger partial charge on any atom is 0.255 e. The van der Waals surface area contributed by atoms with Gasteiger partial charge in [-0.3, -0.25) is 25.1 Å². The highest BCUT2D eigenvalue weighted by molar-refractivity contribution is 7.90. The summed E-state index contributed by atoms with van der Waals surface area (Å²) in [4.78, 5) is 41.5. The van der Waals surface area contributed by atoms with Crippen molar-refractivity contribution in [2.24, 2.45) is 0 Å². The summed E-state index contributed by atoms with van der Waals surface area (Å²) in [5.74, 6) is 1.14. The molecule has 2 saturated heterocycles. The molecule has 2 unspecified atom stereocenters. The van der Waals surface area contributed by atoms with Crippen molar-refractivity contribution in [3.8, 4) is 34.1 Å². The molecule has 2 fully saturated rings. The van der Waals surface area contributed by atoms with Crippen LogP contribution in [0.1, 0.15) is 42.1 Å². The molecule has 58 heavy (non-hydrogen) atoms. The maximum atomic E-state index is 13.3. The Morgan fingerprint density at radius 1 is 0.862 bits per heavy atom. The number of hydrogen-bond donors (Lipinski definition) is 3. The number of ether oxygens (including phenoxy) is 2. The number of imide groups is 1. The standard InChI is InChI=1S/C44H45N5O8S/c1-3-33(26-45-48-22-20-47(21-23-48)31-8-4-30-27-49(44(53)39(30)25-31)40-18-19-41(51)46-43(40)52)56-34-10-12-35(13-11-34)57-42-37(16-7-29-24-32(50)9-17-38(29)42)28-5-14-36(15-6-28)58(2,54)55/h4-17,24-25,33,40,45,50H,3,18-23,26-27H2,1-2H3,(H,46,51,52). The summed E-state index contributed by atoms with van der Waals surface area (Å²) in [5.41, 5.74) is 7.59. The van der Waals surface area contributed by atoms with E-state index in [1.165, 1.54) is 6.26 Å². The molecule has 3 aliphatic heterocycles. The number of piperidine rings is 1. The number of piperazine rings is 1. The first-order valence-electron chi connectivity index (χ1n) is 19.5. The van der Waals surface area contributed by atoms with Crippen molar-refractivity contribution < 1.29 is 37.4 Å². The van der Waals surface area contributed by atoms with Gasteiger partial charge in [0, 0.05) is 74.1 Å². The number of benzene rings is 5. The van der Waals surface area contributed by atoms with E-state index in [0.29, 0.717) is 42.3 Å². The van der Waals surface area contributed by atoms with Crippen LogP contribution < -0.4 is 25.1 Å². The molecule has 0 aliphatic carbocycles. The van der Waals surface area contributed by atoms with Gasteiger partial charge in [-0.25, -0.2) is 13.4 Å². The Balaban J connectivity index is 0.864. The molecule has 0 saturated carbocycles. The first kappa shape index (κ1) is 38.9. The molecule has 0 aromatic heterocycles. The number of aromatic hydroxyl groups is 1. The van der Waals surface area contributed by atoms with E-state index >= 15 is 0 Å². The SMILES string of the molecule is CCC(CNN1CCN(c2ccc3c(c2)C(=O)N(C2CCC(=O)NC2=O)C3)CC1)Oc1ccc(Oc2c(-c3ccc(S(C)(=O)=O)cc3)ccc3cc(O)ccc23)cc1. The van der Waals surface area contributed by atoms with Gasteiger partial charge in [-0.2, -0.15) is 0 Å². The van der Waals surface area contributed by atoms with Crippen LogP contribution in [-0.2, 0) is 26.0 Å². The van der Waals surface area contributed by atoms with Crippen molar-refractivity contribution in [1.29, 1.82) is 0 Å². The fraction of sp³-hybridized carbons (Fsp3) is 0.295. The van der Waals surface area contributed by atoms with Crippen LogP contribution in [0.4, 0.5) is 5.69 Å². The van der Waals surface area contributed by atoms with Gasteiger partial charge in [-0.15, -0.1) is 0 Å². The van der Waals surface area contributed by atoms with Gasteiger partial charge < -0.3 is 24.4 Å². The average molecular weight is 804 g/mol. The number of hydrogen-bond acceptors (Lipinski definition) is 11. The fourth-order valence-electron chi connectivity index (χ4n) is 7.77. The lowest BCUT2D eigenvalue weighted by Gasteiger charge is -2.37. The second-order valence-electron chi connectivity index (χ2n) is 14.9. The number of carbonyl (C=O) groups is 3. The predicted molar refractivity (Wildman–Crippen MR) is 220 cm³/mol. The second-order valence-corrected chi connectivity index (χ2v) is 17.0. The number of anilines is 1. The summed E-state index contributed by atoms with van der Waals surface area (Å²) in [5, 5.41) is 16.3. The van der Waals surface area contributed by atoms with Crippen LogP contribution in [0.15, 0.2) is 102 Å². The predicted octanol–water partition coefficient (Wildman–Crippen LogP) is 5.65. The third-order valence-electron chi connectivity index (χ3n) is 11.0. The van der Waals surface area contributed by atoms with Crippen LogP contribution in [0.25, 0.3) is 21.9 Å². The summed E-state index contributed by atoms with van der Waals surface area (Å²) in [7, 11) is -3.35. The van der Waals surface area contributed by atoms with Gasteiger partial charge in [0.25, 0.3) is 5.91 Å². The van der Waals surface area contributed by atoms with E-state index in [0.717, 1.165) is 65.8 Å². The van der Waals surface area contributed by atoms with Crippen LogP contribution in [-0.4, -0.2) is 92.3 Å². The van der Waals surface area contributed by atoms with E-state index in [9.17, 15) is 27.9 Å². The van der Waals surface area contributed by atoms with Gasteiger partial charge in [0.1, 0.15) is 35.1 Å². The summed E-state index contributed by atoms with van der Waals surface area (Å²) < 4.78 is 37.0. The molecule has 14 heteroatoms. The number of phenols is 1. The minimum Gasteiger partial charge on any atom is -0.508 e. The van der Waals surface area contributed by atoms with Crippen LogP contribution >= 0.6 is 0 Å². The Labute approximate surface area is 337 Å². The normalized spacial score (nSPS) is 18.0. The van der Waals surface area contributed by atoms with Gasteiger partial charge in [-0.1, -0.05) is 31.2 Å². The highest BCUT2D eigenvalue weighted by atomic mass is 32.2. The molecule has 3 aliphatic rings. The third-order valence-corrected chi connectivity index (χ3v) is 12.2. The Kier molecular flexibility index (Phi) is 10.8. The number of fused-ring (bicyclic) bond motifs is 2. The number of nitrogens with one attached hydrogen (secondary N) is 2. The maximum absolute atomic E-state index is 13.3. The lowest BCUT2D eigenvalue weighted by atomic mass is 9.99. The molecule has 3 N–H and O–H groups in total. The van der Waals surface area contributed by atoms with Gasteiger partial charge in [0.2, 0.25) is 11.8 Å². The minimum atomic E-state index is -3.35. The van der Waals surface area contributed by atoms with Gasteiger partial charge in [0.05, 0.1) is 4.90 Å². The minimum absolute atomic E-state index is 0.0907. The van der Waals surface area contributed by atoms with Crippen LogP contribution in [0, 0.1) is 0 Å². The van der Waals surface area contributed by atoms with Crippen LogP contribution in [0.3, 0.4) is 0 Å². The zero-order valence-electron chi connectivity index (χ0n) is 32.3. The highest BCUT2D eigenvalue weighted by Crippen LogP contribution is 2.41. The van der Waals surface area contributed by atoms with Crippen LogP contribution in [0.5, 0.6) is 23.0 Å². The average Bonchev–Trinajstić information content (AvgIpc) is 3.54. The lowest BCUT2D eigenvalue weighted by molar-refractivity contribution is -0.136. The molecule has 8 rings (SSSR count).